The van der Waals surface area contributed by atoms with E-state index >= 15 is 0 Å². The number of hydrogen-bond acceptors (Lipinski definition) is 6. The van der Waals surface area contributed by atoms with Gasteiger partial charge >= 0.3 is 0 Å². The van der Waals surface area contributed by atoms with Crippen molar-refractivity contribution >= 4 is 0 Å². The molecule has 2 rings (SSSR count). The fourth-order valence-corrected chi connectivity index (χ4v) is 2.54. The van der Waals surface area contributed by atoms with Gasteiger partial charge in [-0.1, -0.05) is 0 Å². The number of unbranched alkanes of at least 4 members (excludes halogenated alkanes) is 3. The zero-order chi connectivity index (χ0) is 20.2. The van der Waals surface area contributed by atoms with Gasteiger partial charge in [0.2, 0.25) is 0 Å². The molecule has 0 spiro atoms. The fraction of sp³-hybridized carbons (Fsp3) is 0.273. The molecule has 0 amide bonds. The van der Waals surface area contributed by atoms with E-state index in [1.54, 1.807) is 36.4 Å². The Kier molecular flexibility index (Phi) is 7.89. The van der Waals surface area contributed by atoms with Gasteiger partial charge in [-0.05, 0) is 62.1 Å². The van der Waals surface area contributed by atoms with Crippen LogP contribution in [0.4, 0.5) is 0 Å². The maximum Gasteiger partial charge on any atom is 0.120 e. The minimum atomic E-state index is 0.319. The third-order valence-electron chi connectivity index (χ3n) is 4.04. The van der Waals surface area contributed by atoms with Gasteiger partial charge in [0.1, 0.15) is 35.8 Å². The molecule has 0 aliphatic rings. The van der Waals surface area contributed by atoms with Crippen molar-refractivity contribution in [3.63, 3.8) is 0 Å². The van der Waals surface area contributed by atoms with E-state index in [0.717, 1.165) is 25.7 Å². The molecule has 0 atom stereocenters. The predicted octanol–water partition coefficient (Wildman–Crippen LogP) is 4.19. The second-order valence-electron chi connectivity index (χ2n) is 5.97. The second kappa shape index (κ2) is 10.9. The van der Waals surface area contributed by atoms with Crippen LogP contribution in [0.5, 0.6) is 11.5 Å². The Morgan fingerprint density at radius 1 is 0.536 bits per heavy atom. The molecule has 0 saturated carbocycles. The molecule has 138 valence electrons. The van der Waals surface area contributed by atoms with Crippen LogP contribution in [0.2, 0.25) is 0 Å². The summed E-state index contributed by atoms with van der Waals surface area (Å²) in [5, 5.41) is 35.8. The molecule has 0 aromatic heterocycles. The third kappa shape index (κ3) is 5.77. The number of ether oxygens (including phenoxy) is 2. The summed E-state index contributed by atoms with van der Waals surface area (Å²) in [6, 6.07) is 17.7. The molecule has 28 heavy (non-hydrogen) atoms. The molecule has 0 bridgehead atoms. The van der Waals surface area contributed by atoms with Gasteiger partial charge < -0.3 is 9.47 Å². The smallest absolute Gasteiger partial charge is 0.120 e. The monoisotopic (exact) mass is 370 g/mol. The Hall–Kier alpha value is -4.00. The van der Waals surface area contributed by atoms with Crippen molar-refractivity contribution in [3.05, 3.63) is 58.7 Å². The molecule has 0 N–H and O–H groups in total. The molecule has 0 heterocycles. The van der Waals surface area contributed by atoms with Gasteiger partial charge in [0.25, 0.3) is 0 Å². The van der Waals surface area contributed by atoms with Gasteiger partial charge in [0.15, 0.2) is 0 Å². The van der Waals surface area contributed by atoms with Crippen molar-refractivity contribution in [1.82, 2.24) is 0 Å². The number of rotatable bonds is 9. The molecular formula is C22H18N4O2. The van der Waals surface area contributed by atoms with E-state index in [1.807, 2.05) is 24.3 Å². The third-order valence-corrected chi connectivity index (χ3v) is 4.04. The van der Waals surface area contributed by atoms with Crippen LogP contribution in [0.25, 0.3) is 0 Å². The molecule has 6 nitrogen and oxygen atoms in total. The lowest BCUT2D eigenvalue weighted by atomic mass is 10.1. The molecule has 2 aromatic rings. The summed E-state index contributed by atoms with van der Waals surface area (Å²) in [5.74, 6) is 1.18. The summed E-state index contributed by atoms with van der Waals surface area (Å²) in [4.78, 5) is 0. The van der Waals surface area contributed by atoms with Crippen LogP contribution in [0.15, 0.2) is 36.4 Å². The zero-order valence-electron chi connectivity index (χ0n) is 15.3. The van der Waals surface area contributed by atoms with Crippen LogP contribution >= 0.6 is 0 Å². The SMILES string of the molecule is N#Cc1ccc(OCCCCCCOc2ccc(C#N)c(C#N)c2)cc1C#N. The summed E-state index contributed by atoms with van der Waals surface area (Å²) in [6.07, 6.45) is 3.69. The summed E-state index contributed by atoms with van der Waals surface area (Å²) in [7, 11) is 0. The van der Waals surface area contributed by atoms with E-state index in [-0.39, 0.29) is 0 Å². The summed E-state index contributed by atoms with van der Waals surface area (Å²) in [5.41, 5.74) is 1.33. The van der Waals surface area contributed by atoms with Gasteiger partial charge in [-0.25, -0.2) is 0 Å². The van der Waals surface area contributed by atoms with Crippen molar-refractivity contribution in [2.75, 3.05) is 13.2 Å². The molecular weight excluding hydrogens is 352 g/mol. The Morgan fingerprint density at radius 3 is 1.29 bits per heavy atom. The lowest BCUT2D eigenvalue weighted by Crippen LogP contribution is -2.00. The normalized spacial score (nSPS) is 9.43. The van der Waals surface area contributed by atoms with Crippen molar-refractivity contribution in [2.45, 2.75) is 25.7 Å². The largest absolute Gasteiger partial charge is 0.494 e. The van der Waals surface area contributed by atoms with E-state index in [9.17, 15) is 0 Å². The van der Waals surface area contributed by atoms with E-state index in [2.05, 4.69) is 0 Å². The van der Waals surface area contributed by atoms with Gasteiger partial charge in [-0.2, -0.15) is 21.0 Å². The summed E-state index contributed by atoms with van der Waals surface area (Å²) in [6.45, 7) is 1.08. The van der Waals surface area contributed by atoms with E-state index < -0.39 is 0 Å². The molecule has 0 aliphatic carbocycles. The second-order valence-corrected chi connectivity index (χ2v) is 5.97. The van der Waals surface area contributed by atoms with Gasteiger partial charge in [-0.3, -0.25) is 0 Å². The van der Waals surface area contributed by atoms with Crippen LogP contribution in [0.1, 0.15) is 47.9 Å². The molecule has 0 aliphatic heterocycles. The predicted molar refractivity (Wildman–Crippen MR) is 101 cm³/mol. The average Bonchev–Trinajstić information content (AvgIpc) is 2.75. The Labute approximate surface area is 164 Å². The average molecular weight is 370 g/mol. The number of nitrogens with zero attached hydrogens (tertiary/aromatic N) is 4. The fourth-order valence-electron chi connectivity index (χ4n) is 2.54. The molecule has 6 heteroatoms. The molecule has 0 fully saturated rings. The molecule has 0 unspecified atom stereocenters. The van der Waals surface area contributed by atoms with Crippen LogP contribution in [-0.2, 0) is 0 Å². The lowest BCUT2D eigenvalue weighted by Gasteiger charge is -2.08. The van der Waals surface area contributed by atoms with Crippen molar-refractivity contribution in [1.29, 1.82) is 21.0 Å². The Morgan fingerprint density at radius 2 is 0.929 bits per heavy atom. The first-order chi connectivity index (χ1) is 13.7. The highest BCUT2D eigenvalue weighted by molar-refractivity contribution is 5.49. The maximum absolute atomic E-state index is 9.01. The lowest BCUT2D eigenvalue weighted by molar-refractivity contribution is 0.287. The van der Waals surface area contributed by atoms with Crippen LogP contribution in [0, 0.1) is 45.3 Å². The highest BCUT2D eigenvalue weighted by atomic mass is 16.5. The van der Waals surface area contributed by atoms with Gasteiger partial charge in [-0.15, -0.1) is 0 Å². The minimum Gasteiger partial charge on any atom is -0.494 e. The Bertz CT molecular complexity index is 906. The first-order valence-electron chi connectivity index (χ1n) is 8.86. The summed E-state index contributed by atoms with van der Waals surface area (Å²) < 4.78 is 11.2. The van der Waals surface area contributed by atoms with Crippen molar-refractivity contribution in [2.24, 2.45) is 0 Å². The Balaban J connectivity index is 1.63. The van der Waals surface area contributed by atoms with Crippen LogP contribution < -0.4 is 9.47 Å². The quantitative estimate of drug-likeness (QED) is 0.611. The number of benzene rings is 2. The molecule has 0 saturated heterocycles. The van der Waals surface area contributed by atoms with Crippen LogP contribution in [-0.4, -0.2) is 13.2 Å². The van der Waals surface area contributed by atoms with Gasteiger partial charge in [0.05, 0.1) is 35.5 Å². The van der Waals surface area contributed by atoms with Crippen molar-refractivity contribution < 1.29 is 9.47 Å². The maximum atomic E-state index is 9.01. The first-order valence-corrected chi connectivity index (χ1v) is 8.86. The zero-order valence-corrected chi connectivity index (χ0v) is 15.3. The summed E-state index contributed by atoms with van der Waals surface area (Å²) >= 11 is 0. The highest BCUT2D eigenvalue weighted by Crippen LogP contribution is 2.18. The van der Waals surface area contributed by atoms with E-state index in [0.29, 0.717) is 47.0 Å². The molecule has 0 radical (unpaired) electrons. The minimum absolute atomic E-state index is 0.319. The van der Waals surface area contributed by atoms with Crippen molar-refractivity contribution in [3.8, 4) is 35.8 Å². The molecule has 2 aromatic carbocycles. The first kappa shape index (κ1) is 20.3. The number of nitriles is 4. The number of hydrogen-bond donors (Lipinski definition) is 0. The van der Waals surface area contributed by atoms with E-state index in [4.69, 9.17) is 30.5 Å². The van der Waals surface area contributed by atoms with Crippen LogP contribution in [0.3, 0.4) is 0 Å². The standard InChI is InChI=1S/C22H18N4O2/c23-13-17-5-7-21(11-19(17)15-25)27-9-3-1-2-4-10-28-22-8-6-18(14-24)20(12-22)16-26/h5-8,11-12H,1-4,9-10H2. The van der Waals surface area contributed by atoms with Gasteiger partial charge in [0, 0.05) is 0 Å². The highest BCUT2D eigenvalue weighted by Gasteiger charge is 2.04. The van der Waals surface area contributed by atoms with E-state index in [1.165, 1.54) is 0 Å². The topological polar surface area (TPSA) is 114 Å².